The van der Waals surface area contributed by atoms with Crippen molar-refractivity contribution < 1.29 is 13.2 Å². The number of sulfonamides is 1. The largest absolute Gasteiger partial charge is 0.382 e. The summed E-state index contributed by atoms with van der Waals surface area (Å²) in [6.45, 7) is 8.81. The predicted molar refractivity (Wildman–Crippen MR) is 118 cm³/mol. The molecule has 0 spiro atoms. The lowest BCUT2D eigenvalue weighted by molar-refractivity contribution is 0.143. The molecule has 164 valence electrons. The monoisotopic (exact) mass is 424 g/mol. The summed E-state index contributed by atoms with van der Waals surface area (Å²) in [6.07, 6.45) is 4.99. The van der Waals surface area contributed by atoms with Crippen molar-refractivity contribution >= 4 is 16.0 Å². The fourth-order valence-corrected chi connectivity index (χ4v) is 4.84. The molecule has 29 heavy (non-hydrogen) atoms. The van der Waals surface area contributed by atoms with Crippen LogP contribution in [0.4, 0.5) is 0 Å². The number of piperidine rings is 1. The summed E-state index contributed by atoms with van der Waals surface area (Å²) < 4.78 is 32.7. The van der Waals surface area contributed by atoms with Crippen LogP contribution in [0.5, 0.6) is 0 Å². The summed E-state index contributed by atoms with van der Waals surface area (Å²) in [5, 5.41) is 6.55. The van der Waals surface area contributed by atoms with Crippen LogP contribution in [0.2, 0.25) is 0 Å². The van der Waals surface area contributed by atoms with Gasteiger partial charge in [-0.05, 0) is 57.2 Å². The molecule has 0 aromatic heterocycles. The van der Waals surface area contributed by atoms with E-state index in [1.165, 1.54) is 0 Å². The van der Waals surface area contributed by atoms with Crippen molar-refractivity contribution in [3.63, 3.8) is 0 Å². The number of ether oxygens (including phenoxy) is 1. The van der Waals surface area contributed by atoms with Gasteiger partial charge in [-0.2, -0.15) is 4.31 Å². The molecule has 0 atom stereocenters. The summed E-state index contributed by atoms with van der Waals surface area (Å²) >= 11 is 0. The fourth-order valence-electron chi connectivity index (χ4n) is 3.25. The molecule has 1 saturated heterocycles. The van der Waals surface area contributed by atoms with E-state index < -0.39 is 10.0 Å². The average molecular weight is 425 g/mol. The first-order valence-electron chi connectivity index (χ1n) is 10.8. The van der Waals surface area contributed by atoms with Gasteiger partial charge in [0.2, 0.25) is 10.0 Å². The van der Waals surface area contributed by atoms with E-state index in [2.05, 4.69) is 15.6 Å². The molecule has 0 aliphatic carbocycles. The third-order valence-electron chi connectivity index (χ3n) is 4.83. The van der Waals surface area contributed by atoms with Gasteiger partial charge in [-0.25, -0.2) is 13.4 Å². The van der Waals surface area contributed by atoms with Crippen LogP contribution in [0.3, 0.4) is 0 Å². The molecule has 0 bridgehead atoms. The van der Waals surface area contributed by atoms with E-state index in [1.54, 1.807) is 22.5 Å². The Labute approximate surface area is 176 Å². The second kappa shape index (κ2) is 12.8. The van der Waals surface area contributed by atoms with Gasteiger partial charge in [-0.3, -0.25) is 0 Å². The Morgan fingerprint density at radius 2 is 1.93 bits per heavy atom. The summed E-state index contributed by atoms with van der Waals surface area (Å²) in [6, 6.07) is 7.15. The zero-order valence-electron chi connectivity index (χ0n) is 17.8. The van der Waals surface area contributed by atoms with Crippen molar-refractivity contribution in [3.05, 3.63) is 29.8 Å². The highest BCUT2D eigenvalue weighted by atomic mass is 32.2. The van der Waals surface area contributed by atoms with Gasteiger partial charge in [0.25, 0.3) is 0 Å². The number of nitrogens with one attached hydrogen (secondary N) is 2. The highest BCUT2D eigenvalue weighted by molar-refractivity contribution is 7.89. The molecule has 7 nitrogen and oxygen atoms in total. The summed E-state index contributed by atoms with van der Waals surface area (Å²) in [5.41, 5.74) is 0.886. The highest BCUT2D eigenvalue weighted by Gasteiger charge is 2.25. The number of hydrogen-bond acceptors (Lipinski definition) is 4. The molecule has 0 radical (unpaired) electrons. The second-order valence-electron chi connectivity index (χ2n) is 7.14. The van der Waals surface area contributed by atoms with Gasteiger partial charge in [0, 0.05) is 39.4 Å². The zero-order chi connectivity index (χ0) is 21.0. The lowest BCUT2D eigenvalue weighted by atomic mass is 10.2. The first-order valence-corrected chi connectivity index (χ1v) is 12.2. The van der Waals surface area contributed by atoms with E-state index in [-0.39, 0.29) is 0 Å². The van der Waals surface area contributed by atoms with Crippen molar-refractivity contribution in [1.82, 2.24) is 14.9 Å². The Morgan fingerprint density at radius 3 is 2.66 bits per heavy atom. The third kappa shape index (κ3) is 7.95. The Balaban J connectivity index is 1.95. The SMILES string of the molecule is CCNC(=NCc1cccc(S(=O)(=O)N2CCCCC2)c1)NCCCCOCC. The Morgan fingerprint density at radius 1 is 1.14 bits per heavy atom. The van der Waals surface area contributed by atoms with Gasteiger partial charge in [0.1, 0.15) is 0 Å². The first-order chi connectivity index (χ1) is 14.1. The van der Waals surface area contributed by atoms with Crippen LogP contribution in [-0.2, 0) is 21.3 Å². The van der Waals surface area contributed by atoms with Gasteiger partial charge in [-0.15, -0.1) is 0 Å². The molecule has 1 aliphatic rings. The van der Waals surface area contributed by atoms with Crippen LogP contribution >= 0.6 is 0 Å². The fraction of sp³-hybridized carbons (Fsp3) is 0.667. The standard InChI is InChI=1S/C21H36N4O3S/c1-3-22-21(23-13-6-9-16-28-4-2)24-18-19-11-10-12-20(17-19)29(26,27)25-14-7-5-8-15-25/h10-12,17H,3-9,13-16,18H2,1-2H3,(H2,22,23,24). The second-order valence-corrected chi connectivity index (χ2v) is 9.08. The molecule has 1 aromatic carbocycles. The Kier molecular flexibility index (Phi) is 10.5. The van der Waals surface area contributed by atoms with Gasteiger partial charge in [0.05, 0.1) is 11.4 Å². The van der Waals surface area contributed by atoms with Crippen LogP contribution in [0.15, 0.2) is 34.2 Å². The molecule has 2 N–H and O–H groups in total. The third-order valence-corrected chi connectivity index (χ3v) is 6.72. The van der Waals surface area contributed by atoms with E-state index in [4.69, 9.17) is 4.74 Å². The molecule has 2 rings (SSSR count). The first kappa shape index (κ1) is 23.6. The number of nitrogens with zero attached hydrogens (tertiary/aromatic N) is 2. The number of unbranched alkanes of at least 4 members (excludes halogenated alkanes) is 1. The summed E-state index contributed by atoms with van der Waals surface area (Å²) in [5.74, 6) is 0.744. The van der Waals surface area contributed by atoms with Crippen LogP contribution in [0.1, 0.15) is 51.5 Å². The average Bonchev–Trinajstić information content (AvgIpc) is 2.75. The maximum absolute atomic E-state index is 12.9. The number of aliphatic imine (C=N–C) groups is 1. The maximum atomic E-state index is 12.9. The topological polar surface area (TPSA) is 83.0 Å². The molecular formula is C21H36N4O3S. The summed E-state index contributed by atoms with van der Waals surface area (Å²) in [7, 11) is -3.42. The number of guanidine groups is 1. The zero-order valence-corrected chi connectivity index (χ0v) is 18.6. The lowest BCUT2D eigenvalue weighted by Gasteiger charge is -2.26. The van der Waals surface area contributed by atoms with Crippen LogP contribution in [0.25, 0.3) is 0 Å². The van der Waals surface area contributed by atoms with E-state index in [1.807, 2.05) is 19.9 Å². The minimum atomic E-state index is -3.42. The predicted octanol–water partition coefficient (Wildman–Crippen LogP) is 2.73. The molecular weight excluding hydrogens is 388 g/mol. The van der Waals surface area contributed by atoms with E-state index >= 15 is 0 Å². The van der Waals surface area contributed by atoms with Crippen molar-refractivity contribution in [2.45, 2.75) is 57.4 Å². The molecule has 8 heteroatoms. The van der Waals surface area contributed by atoms with Crippen molar-refractivity contribution in [2.24, 2.45) is 4.99 Å². The van der Waals surface area contributed by atoms with Crippen molar-refractivity contribution in [2.75, 3.05) is 39.4 Å². The van der Waals surface area contributed by atoms with Crippen molar-refractivity contribution in [1.29, 1.82) is 0 Å². The minimum absolute atomic E-state index is 0.362. The van der Waals surface area contributed by atoms with Gasteiger partial charge in [0.15, 0.2) is 5.96 Å². The van der Waals surface area contributed by atoms with Crippen LogP contribution in [0, 0.1) is 0 Å². The molecule has 0 saturated carbocycles. The Hall–Kier alpha value is -1.64. The lowest BCUT2D eigenvalue weighted by Crippen LogP contribution is -2.37. The quantitative estimate of drug-likeness (QED) is 0.324. The summed E-state index contributed by atoms with van der Waals surface area (Å²) in [4.78, 5) is 4.97. The minimum Gasteiger partial charge on any atom is -0.382 e. The molecule has 1 heterocycles. The number of hydrogen-bond donors (Lipinski definition) is 2. The van der Waals surface area contributed by atoms with Gasteiger partial charge < -0.3 is 15.4 Å². The van der Waals surface area contributed by atoms with Crippen LogP contribution < -0.4 is 10.6 Å². The molecule has 1 fully saturated rings. The van der Waals surface area contributed by atoms with E-state index in [0.29, 0.717) is 24.5 Å². The Bertz CT molecular complexity index is 731. The normalized spacial score (nSPS) is 16.0. The maximum Gasteiger partial charge on any atom is 0.243 e. The number of benzene rings is 1. The van der Waals surface area contributed by atoms with E-state index in [9.17, 15) is 8.42 Å². The van der Waals surface area contributed by atoms with Crippen molar-refractivity contribution in [3.8, 4) is 0 Å². The smallest absolute Gasteiger partial charge is 0.243 e. The van der Waals surface area contributed by atoms with Gasteiger partial charge in [-0.1, -0.05) is 18.6 Å². The molecule has 1 aromatic rings. The number of rotatable bonds is 11. The molecule has 1 aliphatic heterocycles. The van der Waals surface area contributed by atoms with Crippen LogP contribution in [-0.4, -0.2) is 58.1 Å². The highest BCUT2D eigenvalue weighted by Crippen LogP contribution is 2.21. The molecule has 0 unspecified atom stereocenters. The molecule has 0 amide bonds. The van der Waals surface area contributed by atoms with E-state index in [0.717, 1.165) is 69.9 Å². The van der Waals surface area contributed by atoms with Gasteiger partial charge >= 0.3 is 0 Å².